The lowest BCUT2D eigenvalue weighted by Crippen LogP contribution is -2.31. The third kappa shape index (κ3) is 3.12. The number of carbonyl (C=O) groups excluding carboxylic acids is 1. The first-order valence-electron chi connectivity index (χ1n) is 8.60. The van der Waals surface area contributed by atoms with Crippen molar-refractivity contribution in [3.63, 3.8) is 0 Å². The van der Waals surface area contributed by atoms with E-state index in [1.165, 1.54) is 12.1 Å². The van der Waals surface area contributed by atoms with Gasteiger partial charge in [0.25, 0.3) is 0 Å². The summed E-state index contributed by atoms with van der Waals surface area (Å²) in [6.45, 7) is 3.00. The second-order valence-corrected chi connectivity index (χ2v) is 6.34. The van der Waals surface area contributed by atoms with E-state index in [0.717, 1.165) is 17.1 Å². The molecule has 138 valence electrons. The maximum atomic E-state index is 13.1. The van der Waals surface area contributed by atoms with E-state index in [4.69, 9.17) is 4.74 Å². The van der Waals surface area contributed by atoms with Gasteiger partial charge in [-0.15, -0.1) is 0 Å². The third-order valence-electron chi connectivity index (χ3n) is 4.61. The Kier molecular flexibility index (Phi) is 4.27. The molecule has 1 saturated heterocycles. The van der Waals surface area contributed by atoms with E-state index in [2.05, 4.69) is 4.98 Å². The van der Waals surface area contributed by atoms with Gasteiger partial charge in [-0.2, -0.15) is 0 Å². The largest absolute Gasteiger partial charge is 0.494 e. The van der Waals surface area contributed by atoms with Gasteiger partial charge in [0.15, 0.2) is 0 Å². The van der Waals surface area contributed by atoms with Gasteiger partial charge in [0.1, 0.15) is 11.6 Å². The molecule has 1 aromatic heterocycles. The molecule has 7 heteroatoms. The van der Waals surface area contributed by atoms with Crippen LogP contribution in [0.3, 0.4) is 0 Å². The molecule has 2 aromatic carbocycles. The molecule has 0 bridgehead atoms. The highest BCUT2D eigenvalue weighted by molar-refractivity contribution is 6.06. The summed E-state index contributed by atoms with van der Waals surface area (Å²) >= 11 is 0. The van der Waals surface area contributed by atoms with E-state index in [0.29, 0.717) is 24.5 Å². The number of ether oxygens (including phenoxy) is 1. The summed E-state index contributed by atoms with van der Waals surface area (Å²) < 4.78 is 20.6. The van der Waals surface area contributed by atoms with Crippen molar-refractivity contribution < 1.29 is 13.9 Å². The average Bonchev–Trinajstić information content (AvgIpc) is 3.28. The Hall–Kier alpha value is -3.35. The minimum atomic E-state index is -0.322. The number of rotatable bonds is 4. The van der Waals surface area contributed by atoms with Crippen LogP contribution in [0.15, 0.2) is 55.0 Å². The molecule has 0 saturated carbocycles. The quantitative estimate of drug-likeness (QED) is 0.706. The predicted molar refractivity (Wildman–Crippen MR) is 101 cm³/mol. The van der Waals surface area contributed by atoms with Crippen molar-refractivity contribution in [1.29, 1.82) is 0 Å². The Balaban J connectivity index is 1.62. The lowest BCUT2D eigenvalue weighted by atomic mass is 10.2. The van der Waals surface area contributed by atoms with E-state index >= 15 is 0 Å². The predicted octanol–water partition coefficient (Wildman–Crippen LogP) is 3.78. The summed E-state index contributed by atoms with van der Waals surface area (Å²) in [6.07, 6.45) is 3.64. The van der Waals surface area contributed by atoms with Crippen molar-refractivity contribution in [3.05, 3.63) is 66.5 Å². The molecular formula is C20H19FN4O2. The summed E-state index contributed by atoms with van der Waals surface area (Å²) in [5.74, 6) is 0.329. The van der Waals surface area contributed by atoms with Gasteiger partial charge >= 0.3 is 6.03 Å². The van der Waals surface area contributed by atoms with Crippen LogP contribution in [-0.4, -0.2) is 35.8 Å². The molecule has 0 unspecified atom stereocenters. The molecule has 27 heavy (non-hydrogen) atoms. The van der Waals surface area contributed by atoms with Gasteiger partial charge in [-0.05, 0) is 43.3 Å². The fraction of sp³-hybridized carbons (Fsp3) is 0.200. The standard InChI is InChI=1S/C20H19FN4O2/c1-14-12-23(13-22-14)18-8-7-17(11-19(18)27-2)25-10-9-24(20(25)26)16-5-3-15(21)4-6-16/h3-8,11-13H,9-10H2,1-2H3. The molecule has 4 rings (SSSR count). The Labute approximate surface area is 156 Å². The molecule has 3 aromatic rings. The third-order valence-corrected chi connectivity index (χ3v) is 4.61. The second kappa shape index (κ2) is 6.75. The van der Waals surface area contributed by atoms with E-state index in [-0.39, 0.29) is 11.8 Å². The second-order valence-electron chi connectivity index (χ2n) is 6.34. The number of nitrogens with zero attached hydrogens (tertiary/aromatic N) is 4. The van der Waals surface area contributed by atoms with Crippen LogP contribution in [-0.2, 0) is 0 Å². The molecule has 6 nitrogen and oxygen atoms in total. The molecular weight excluding hydrogens is 347 g/mol. The van der Waals surface area contributed by atoms with Crippen molar-refractivity contribution in [2.45, 2.75) is 6.92 Å². The van der Waals surface area contributed by atoms with Crippen molar-refractivity contribution >= 4 is 17.4 Å². The molecule has 1 fully saturated rings. The van der Waals surface area contributed by atoms with E-state index in [9.17, 15) is 9.18 Å². The molecule has 0 N–H and O–H groups in total. The SMILES string of the molecule is COc1cc(N2CCN(c3ccc(F)cc3)C2=O)ccc1-n1cnc(C)c1. The number of carbonyl (C=O) groups is 1. The molecule has 0 radical (unpaired) electrons. The van der Waals surface area contributed by atoms with Gasteiger partial charge in [0.2, 0.25) is 0 Å². The number of hydrogen-bond acceptors (Lipinski definition) is 3. The Morgan fingerprint density at radius 3 is 2.33 bits per heavy atom. The van der Waals surface area contributed by atoms with Gasteiger partial charge in [0, 0.05) is 36.7 Å². The first kappa shape index (κ1) is 17.1. The summed E-state index contributed by atoms with van der Waals surface area (Å²) in [4.78, 5) is 20.4. The highest BCUT2D eigenvalue weighted by atomic mass is 19.1. The van der Waals surface area contributed by atoms with E-state index in [1.807, 2.05) is 35.9 Å². The average molecular weight is 366 g/mol. The fourth-order valence-electron chi connectivity index (χ4n) is 3.24. The molecule has 2 heterocycles. The Bertz CT molecular complexity index is 984. The molecule has 0 aliphatic carbocycles. The van der Waals surface area contributed by atoms with Gasteiger partial charge < -0.3 is 9.30 Å². The smallest absolute Gasteiger partial charge is 0.329 e. The summed E-state index contributed by atoms with van der Waals surface area (Å²) in [7, 11) is 1.60. The molecule has 0 spiro atoms. The fourth-order valence-corrected chi connectivity index (χ4v) is 3.24. The Morgan fingerprint density at radius 1 is 1.04 bits per heavy atom. The minimum Gasteiger partial charge on any atom is -0.494 e. The van der Waals surface area contributed by atoms with Crippen molar-refractivity contribution in [3.8, 4) is 11.4 Å². The summed E-state index contributed by atoms with van der Waals surface area (Å²) in [6, 6.07) is 11.4. The zero-order chi connectivity index (χ0) is 19.0. The maximum Gasteiger partial charge on any atom is 0.329 e. The van der Waals surface area contributed by atoms with Crippen LogP contribution in [0, 0.1) is 12.7 Å². The monoisotopic (exact) mass is 366 g/mol. The lowest BCUT2D eigenvalue weighted by Gasteiger charge is -2.20. The minimum absolute atomic E-state index is 0.144. The van der Waals surface area contributed by atoms with E-state index < -0.39 is 0 Å². The van der Waals surface area contributed by atoms with Gasteiger partial charge in [0.05, 0.1) is 24.8 Å². The number of imidazole rings is 1. The summed E-state index contributed by atoms with van der Waals surface area (Å²) in [5, 5.41) is 0. The number of aryl methyl sites for hydroxylation is 1. The van der Waals surface area contributed by atoms with Crippen LogP contribution in [0.1, 0.15) is 5.69 Å². The Morgan fingerprint density at radius 2 is 1.70 bits per heavy atom. The van der Waals surface area contributed by atoms with Crippen LogP contribution in [0.25, 0.3) is 5.69 Å². The molecule has 0 atom stereocenters. The van der Waals surface area contributed by atoms with Crippen molar-refractivity contribution in [1.82, 2.24) is 9.55 Å². The van der Waals surface area contributed by atoms with Crippen LogP contribution in [0.4, 0.5) is 20.6 Å². The van der Waals surface area contributed by atoms with Crippen LogP contribution < -0.4 is 14.5 Å². The van der Waals surface area contributed by atoms with E-state index in [1.54, 1.807) is 35.4 Å². The van der Waals surface area contributed by atoms with Crippen molar-refractivity contribution in [2.24, 2.45) is 0 Å². The first-order chi connectivity index (χ1) is 13.1. The highest BCUT2D eigenvalue weighted by Crippen LogP contribution is 2.31. The normalized spacial score (nSPS) is 14.1. The molecule has 2 amide bonds. The number of methoxy groups -OCH3 is 1. The van der Waals surface area contributed by atoms with Crippen LogP contribution in [0.5, 0.6) is 5.75 Å². The molecule has 1 aliphatic heterocycles. The molecule has 1 aliphatic rings. The number of benzene rings is 2. The van der Waals surface area contributed by atoms with Gasteiger partial charge in [-0.1, -0.05) is 0 Å². The summed E-state index contributed by atoms with van der Waals surface area (Å²) in [5.41, 5.74) is 3.19. The zero-order valence-corrected chi connectivity index (χ0v) is 15.1. The number of anilines is 2. The number of halogens is 1. The van der Waals surface area contributed by atoms with Crippen LogP contribution in [0.2, 0.25) is 0 Å². The number of amides is 2. The maximum absolute atomic E-state index is 13.1. The van der Waals surface area contributed by atoms with Crippen molar-refractivity contribution in [2.75, 3.05) is 30.0 Å². The van der Waals surface area contributed by atoms with Crippen LogP contribution >= 0.6 is 0 Å². The van der Waals surface area contributed by atoms with Gasteiger partial charge in [-0.3, -0.25) is 9.80 Å². The topological polar surface area (TPSA) is 50.6 Å². The lowest BCUT2D eigenvalue weighted by molar-refractivity contribution is 0.256. The zero-order valence-electron chi connectivity index (χ0n) is 15.1. The number of hydrogen-bond donors (Lipinski definition) is 0. The highest BCUT2D eigenvalue weighted by Gasteiger charge is 2.31. The number of aromatic nitrogens is 2. The number of urea groups is 1. The first-order valence-corrected chi connectivity index (χ1v) is 8.60. The van der Waals surface area contributed by atoms with Gasteiger partial charge in [-0.25, -0.2) is 14.2 Å².